The average molecular weight is 577 g/mol. The van der Waals surface area contributed by atoms with Crippen molar-refractivity contribution < 1.29 is 46.3 Å². The summed E-state index contributed by atoms with van der Waals surface area (Å²) < 4.78 is 57.4. The fourth-order valence-corrected chi connectivity index (χ4v) is 5.20. The first-order valence-corrected chi connectivity index (χ1v) is 12.8. The molecule has 10 nitrogen and oxygen atoms in total. The predicted molar refractivity (Wildman–Crippen MR) is 134 cm³/mol. The summed E-state index contributed by atoms with van der Waals surface area (Å²) in [5, 5.41) is 4.49. The van der Waals surface area contributed by atoms with Crippen LogP contribution in [0, 0.1) is 0 Å². The number of nitrogens with zero attached hydrogens (tertiary/aromatic N) is 2. The largest absolute Gasteiger partial charge is 0.573 e. The number of nitrogens with one attached hydrogen (secondary N) is 2. The Labute approximate surface area is 230 Å². The quantitative estimate of drug-likeness (QED) is 0.400. The van der Waals surface area contributed by atoms with Crippen molar-refractivity contribution in [2.45, 2.75) is 43.8 Å². The van der Waals surface area contributed by atoms with E-state index < -0.39 is 59.9 Å². The molecule has 0 radical (unpaired) electrons. The third-order valence-electron chi connectivity index (χ3n) is 7.37. The van der Waals surface area contributed by atoms with E-state index >= 15 is 4.39 Å². The molecule has 0 bridgehead atoms. The number of rotatable bonds is 6. The number of hydrogen-bond acceptors (Lipinski definition) is 7. The molecule has 1 unspecified atom stereocenters. The lowest BCUT2D eigenvalue weighted by Crippen LogP contribution is -2.54. The molecule has 2 N–H and O–H groups in total. The third kappa shape index (κ3) is 5.72. The smallest absolute Gasteiger partial charge is 0.405 e. The average Bonchev–Trinajstić information content (AvgIpc) is 3.16. The van der Waals surface area contributed by atoms with Gasteiger partial charge in [-0.25, -0.2) is 4.39 Å². The van der Waals surface area contributed by atoms with Gasteiger partial charge in [0.2, 0.25) is 11.8 Å². The van der Waals surface area contributed by atoms with Crippen molar-refractivity contribution in [1.29, 1.82) is 0 Å². The summed E-state index contributed by atoms with van der Waals surface area (Å²) >= 11 is 0. The highest BCUT2D eigenvalue weighted by atomic mass is 19.4. The molecule has 2 aromatic rings. The zero-order valence-electron chi connectivity index (χ0n) is 21.4. The van der Waals surface area contributed by atoms with Gasteiger partial charge in [-0.15, -0.1) is 13.2 Å². The minimum Gasteiger partial charge on any atom is -0.405 e. The maximum absolute atomic E-state index is 15.5. The number of para-hydroxylation sites is 1. The van der Waals surface area contributed by atoms with Crippen molar-refractivity contribution in [1.82, 2.24) is 15.5 Å². The lowest BCUT2D eigenvalue weighted by atomic mass is 9.92. The number of anilines is 1. The molecule has 5 amide bonds. The molecule has 3 aliphatic heterocycles. The van der Waals surface area contributed by atoms with Gasteiger partial charge >= 0.3 is 6.36 Å². The molecule has 41 heavy (non-hydrogen) atoms. The SMILES string of the molecule is O=C1CCC(N2C(=O)c3ccc(N4CCC(F)(CNC(=O)c5ccccc5OC(F)(F)F)CC4)cc3C2=O)C(=O)N1. The third-order valence-corrected chi connectivity index (χ3v) is 7.37. The number of benzene rings is 2. The Morgan fingerprint density at radius 1 is 1.02 bits per heavy atom. The van der Waals surface area contributed by atoms with Crippen LogP contribution >= 0.6 is 0 Å². The summed E-state index contributed by atoms with van der Waals surface area (Å²) in [7, 11) is 0. The van der Waals surface area contributed by atoms with Crippen LogP contribution in [0.25, 0.3) is 0 Å². The Hall–Kier alpha value is -4.49. The van der Waals surface area contributed by atoms with Gasteiger partial charge in [-0.1, -0.05) is 12.1 Å². The van der Waals surface area contributed by atoms with Crippen molar-refractivity contribution in [3.8, 4) is 5.75 Å². The Kier molecular flexibility index (Phi) is 7.17. The van der Waals surface area contributed by atoms with Crippen LogP contribution in [0.15, 0.2) is 42.5 Å². The Morgan fingerprint density at radius 3 is 2.39 bits per heavy atom. The first-order chi connectivity index (χ1) is 19.3. The summed E-state index contributed by atoms with van der Waals surface area (Å²) in [6, 6.07) is 8.27. The van der Waals surface area contributed by atoms with Crippen molar-refractivity contribution in [3.63, 3.8) is 0 Å². The van der Waals surface area contributed by atoms with Gasteiger partial charge in [-0.05, 0) is 36.8 Å². The number of carbonyl (C=O) groups excluding carboxylic acids is 5. The van der Waals surface area contributed by atoms with Gasteiger partial charge in [0.1, 0.15) is 17.5 Å². The number of imide groups is 2. The summed E-state index contributed by atoms with van der Waals surface area (Å²) in [4.78, 5) is 64.9. The number of carbonyl (C=O) groups is 5. The number of amides is 5. The first kappa shape index (κ1) is 28.1. The lowest BCUT2D eigenvalue weighted by Gasteiger charge is -2.37. The summed E-state index contributed by atoms with van der Waals surface area (Å²) in [6.07, 6.45) is -5.02. The molecule has 1 atom stereocenters. The molecule has 3 heterocycles. The van der Waals surface area contributed by atoms with Crippen LogP contribution in [0.5, 0.6) is 5.75 Å². The van der Waals surface area contributed by atoms with Gasteiger partial charge in [0.15, 0.2) is 0 Å². The van der Waals surface area contributed by atoms with E-state index in [4.69, 9.17) is 0 Å². The molecule has 0 spiro atoms. The minimum atomic E-state index is -5.00. The molecule has 2 fully saturated rings. The van der Waals surface area contributed by atoms with E-state index in [1.54, 1.807) is 11.0 Å². The summed E-state index contributed by atoms with van der Waals surface area (Å²) in [5.74, 6) is -4.08. The van der Waals surface area contributed by atoms with E-state index in [1.807, 2.05) is 0 Å². The number of piperidine rings is 2. The maximum Gasteiger partial charge on any atom is 0.573 e. The van der Waals surface area contributed by atoms with Gasteiger partial charge in [0.05, 0.1) is 23.2 Å². The Morgan fingerprint density at radius 2 is 1.71 bits per heavy atom. The first-order valence-electron chi connectivity index (χ1n) is 12.8. The normalized spacial score (nSPS) is 20.5. The summed E-state index contributed by atoms with van der Waals surface area (Å²) in [6.45, 7) is -0.0477. The highest BCUT2D eigenvalue weighted by Crippen LogP contribution is 2.34. The lowest BCUT2D eigenvalue weighted by molar-refractivity contribution is -0.274. The van der Waals surface area contributed by atoms with Crippen LogP contribution in [0.4, 0.5) is 23.2 Å². The summed E-state index contributed by atoms with van der Waals surface area (Å²) in [5.41, 5.74) is -1.44. The Balaban J connectivity index is 1.21. The van der Waals surface area contributed by atoms with Crippen LogP contribution in [0.3, 0.4) is 0 Å². The second-order valence-corrected chi connectivity index (χ2v) is 10.0. The second kappa shape index (κ2) is 10.5. The van der Waals surface area contributed by atoms with E-state index in [0.717, 1.165) is 17.0 Å². The van der Waals surface area contributed by atoms with Crippen molar-refractivity contribution in [3.05, 3.63) is 59.2 Å². The fourth-order valence-electron chi connectivity index (χ4n) is 5.20. The molecular formula is C27H24F4N4O6. The van der Waals surface area contributed by atoms with E-state index in [-0.39, 0.29) is 55.5 Å². The van der Waals surface area contributed by atoms with E-state index in [2.05, 4.69) is 15.4 Å². The second-order valence-electron chi connectivity index (χ2n) is 10.0. The number of ether oxygens (including phenoxy) is 1. The highest BCUT2D eigenvalue weighted by molar-refractivity contribution is 6.23. The molecule has 3 aliphatic rings. The van der Waals surface area contributed by atoms with Crippen molar-refractivity contribution in [2.24, 2.45) is 0 Å². The monoisotopic (exact) mass is 576 g/mol. The van der Waals surface area contributed by atoms with Crippen LogP contribution in [-0.4, -0.2) is 72.1 Å². The molecule has 0 saturated carbocycles. The molecular weight excluding hydrogens is 552 g/mol. The molecule has 5 rings (SSSR count). The molecule has 2 saturated heterocycles. The van der Waals surface area contributed by atoms with Gasteiger partial charge in [0, 0.05) is 38.0 Å². The number of fused-ring (bicyclic) bond motifs is 1. The number of halogens is 4. The molecule has 2 aromatic carbocycles. The van der Waals surface area contributed by atoms with Crippen molar-refractivity contribution >= 4 is 35.2 Å². The van der Waals surface area contributed by atoms with Crippen LogP contribution in [0.2, 0.25) is 0 Å². The van der Waals surface area contributed by atoms with E-state index in [0.29, 0.717) is 5.69 Å². The maximum atomic E-state index is 15.5. The molecule has 0 aliphatic carbocycles. The fraction of sp³-hybridized carbons (Fsp3) is 0.370. The van der Waals surface area contributed by atoms with Crippen molar-refractivity contribution in [2.75, 3.05) is 24.5 Å². The molecule has 0 aromatic heterocycles. The Bertz CT molecular complexity index is 1440. The number of hydrogen-bond donors (Lipinski definition) is 2. The standard InChI is InChI=1S/C27H24F4N4O6/c28-26(14-32-22(37)17-3-1-2-4-20(17)41-27(29,30)31)9-11-34(12-10-26)15-5-6-16-18(13-15)25(40)35(24(16)39)19-7-8-21(36)33-23(19)38/h1-6,13,19H,7-12,14H2,(H,32,37)(H,33,36,38). The molecule has 14 heteroatoms. The van der Waals surface area contributed by atoms with Gasteiger partial charge < -0.3 is 15.0 Å². The van der Waals surface area contributed by atoms with Crippen LogP contribution < -0.4 is 20.3 Å². The topological polar surface area (TPSA) is 125 Å². The zero-order chi connectivity index (χ0) is 29.5. The van der Waals surface area contributed by atoms with Gasteiger partial charge in [0.25, 0.3) is 17.7 Å². The van der Waals surface area contributed by atoms with E-state index in [9.17, 15) is 37.1 Å². The van der Waals surface area contributed by atoms with Gasteiger partial charge in [-0.3, -0.25) is 34.2 Å². The van der Waals surface area contributed by atoms with Crippen LogP contribution in [-0.2, 0) is 9.59 Å². The van der Waals surface area contributed by atoms with Crippen LogP contribution in [0.1, 0.15) is 56.8 Å². The minimum absolute atomic E-state index is 0.00210. The highest BCUT2D eigenvalue weighted by Gasteiger charge is 2.45. The van der Waals surface area contributed by atoms with E-state index in [1.165, 1.54) is 24.3 Å². The predicted octanol–water partition coefficient (Wildman–Crippen LogP) is 2.72. The number of alkyl halides is 4. The zero-order valence-corrected chi connectivity index (χ0v) is 21.4. The van der Waals surface area contributed by atoms with Gasteiger partial charge in [-0.2, -0.15) is 0 Å². The molecule has 216 valence electrons.